The van der Waals surface area contributed by atoms with Gasteiger partial charge in [0, 0.05) is 34.9 Å². The summed E-state index contributed by atoms with van der Waals surface area (Å²) in [5, 5.41) is 27.8. The Labute approximate surface area is 261 Å². The summed E-state index contributed by atoms with van der Waals surface area (Å²) in [4.78, 5) is 54.6. The Balaban J connectivity index is 1.14. The molecule has 0 aromatic heterocycles. The molecule has 2 saturated heterocycles. The molecule has 3 N–H and O–H groups in total. The van der Waals surface area contributed by atoms with Gasteiger partial charge in [-0.05, 0) is 86.1 Å². The minimum absolute atomic E-state index is 0.0557. The number of amides is 1. The highest BCUT2D eigenvalue weighted by molar-refractivity contribution is 6.30. The van der Waals surface area contributed by atoms with Gasteiger partial charge in [0.2, 0.25) is 5.79 Å². The Kier molecular flexibility index (Phi) is 6.81. The fourth-order valence-electron chi connectivity index (χ4n) is 10.3. The number of carbonyl (C=O) groups excluding carboxylic acids is 4. The standard InChI is InChI=1S/C34H40ClNO8/c1-17-22-12-13-23-32-16-43-34(42,27(39)25(32)31(2,3)15-14-24(32)37)33(23,26(17)38)28(22)44-30(41)19-6-10-21(11-7-19)36-29(40)18-4-8-20(35)9-5-18/h4-5,8-9,19,21-23,25,27-28,39,42H,1,6-7,10-16H2,2-3H3,(H,36,40)/t19?,21?,22-,23-,25+,27-,28+,32+,33-,34-/m0/s1. The van der Waals surface area contributed by atoms with Crippen molar-refractivity contribution in [3.8, 4) is 0 Å². The molecular formula is C34H40ClNO8. The van der Waals surface area contributed by atoms with Crippen molar-refractivity contribution in [3.63, 3.8) is 0 Å². The fourth-order valence-corrected chi connectivity index (χ4v) is 10.5. The van der Waals surface area contributed by atoms with E-state index in [1.54, 1.807) is 24.3 Å². The lowest BCUT2D eigenvalue weighted by Gasteiger charge is -2.73. The molecule has 7 fully saturated rings. The molecule has 2 aliphatic heterocycles. The summed E-state index contributed by atoms with van der Waals surface area (Å²) in [7, 11) is 0. The maximum atomic E-state index is 14.3. The Hall–Kier alpha value is -2.59. The van der Waals surface area contributed by atoms with E-state index in [0.717, 1.165) is 0 Å². The van der Waals surface area contributed by atoms with Crippen LogP contribution in [-0.2, 0) is 23.9 Å². The molecule has 7 aliphatic rings. The van der Waals surface area contributed by atoms with E-state index in [1.165, 1.54) is 0 Å². The van der Waals surface area contributed by atoms with Crippen LogP contribution in [0.15, 0.2) is 36.4 Å². The van der Waals surface area contributed by atoms with Gasteiger partial charge >= 0.3 is 5.97 Å². The summed E-state index contributed by atoms with van der Waals surface area (Å²) in [5.41, 5.74) is -2.68. The van der Waals surface area contributed by atoms with Crippen LogP contribution in [0.1, 0.15) is 75.6 Å². The number of ether oxygens (including phenoxy) is 2. The maximum Gasteiger partial charge on any atom is 0.309 e. The predicted octanol–water partition coefficient (Wildman–Crippen LogP) is 3.78. The second-order valence-corrected chi connectivity index (χ2v) is 15.1. The van der Waals surface area contributed by atoms with Gasteiger partial charge < -0.3 is 25.0 Å². The molecule has 5 saturated carbocycles. The van der Waals surface area contributed by atoms with Crippen molar-refractivity contribution >= 4 is 35.0 Å². The van der Waals surface area contributed by atoms with Crippen molar-refractivity contribution in [3.05, 3.63) is 47.0 Å². The average Bonchev–Trinajstić information content (AvgIpc) is 3.10. The maximum absolute atomic E-state index is 14.3. The number of rotatable bonds is 4. The molecule has 0 unspecified atom stereocenters. The van der Waals surface area contributed by atoms with Crippen LogP contribution < -0.4 is 5.32 Å². The highest BCUT2D eigenvalue weighted by Crippen LogP contribution is 2.76. The van der Waals surface area contributed by atoms with E-state index < -0.39 is 69.7 Å². The van der Waals surface area contributed by atoms with E-state index >= 15 is 0 Å². The molecule has 5 aliphatic carbocycles. The van der Waals surface area contributed by atoms with Gasteiger partial charge in [-0.2, -0.15) is 0 Å². The molecule has 236 valence electrons. The molecule has 1 aromatic carbocycles. The van der Waals surface area contributed by atoms with Crippen LogP contribution in [-0.4, -0.2) is 64.3 Å². The number of aliphatic hydroxyl groups excluding tert-OH is 1. The summed E-state index contributed by atoms with van der Waals surface area (Å²) < 4.78 is 12.3. The largest absolute Gasteiger partial charge is 0.460 e. The number of carbonyl (C=O) groups is 4. The van der Waals surface area contributed by atoms with Crippen molar-refractivity contribution in [1.29, 1.82) is 0 Å². The number of hydrogen-bond acceptors (Lipinski definition) is 8. The number of esters is 1. The average molecular weight is 626 g/mol. The topological polar surface area (TPSA) is 139 Å². The highest BCUT2D eigenvalue weighted by atomic mass is 35.5. The van der Waals surface area contributed by atoms with Gasteiger partial charge in [0.1, 0.15) is 23.4 Å². The molecule has 1 aromatic rings. The summed E-state index contributed by atoms with van der Waals surface area (Å²) in [6.07, 6.45) is 1.34. The lowest BCUT2D eigenvalue weighted by Crippen LogP contribution is -2.85. The molecule has 8 rings (SSSR count). The highest BCUT2D eigenvalue weighted by Gasteiger charge is 2.88. The molecular weight excluding hydrogens is 586 g/mol. The normalized spacial score (nSPS) is 43.7. The van der Waals surface area contributed by atoms with Crippen LogP contribution in [0, 0.1) is 39.9 Å². The molecule has 8 atom stereocenters. The molecule has 4 bridgehead atoms. The summed E-state index contributed by atoms with van der Waals surface area (Å²) in [6, 6.07) is 6.55. The van der Waals surface area contributed by atoms with Crippen molar-refractivity contribution < 1.29 is 38.9 Å². The number of fused-ring (bicyclic) bond motifs is 2. The van der Waals surface area contributed by atoms with Crippen LogP contribution in [0.2, 0.25) is 5.02 Å². The van der Waals surface area contributed by atoms with E-state index in [1.807, 2.05) is 13.8 Å². The second kappa shape index (κ2) is 9.95. The van der Waals surface area contributed by atoms with Crippen molar-refractivity contribution in [2.24, 2.45) is 39.9 Å². The van der Waals surface area contributed by atoms with Gasteiger partial charge in [-0.15, -0.1) is 0 Å². The lowest BCUT2D eigenvalue weighted by molar-refractivity contribution is -0.437. The number of hydrogen-bond donors (Lipinski definition) is 3. The minimum atomic E-state index is -2.32. The third-order valence-electron chi connectivity index (χ3n) is 12.4. The number of halogens is 1. The molecule has 10 heteroatoms. The van der Waals surface area contributed by atoms with Crippen molar-refractivity contribution in [2.45, 2.75) is 89.3 Å². The Bertz CT molecular complexity index is 1450. The zero-order chi connectivity index (χ0) is 31.4. The van der Waals surface area contributed by atoms with Crippen LogP contribution >= 0.6 is 11.6 Å². The summed E-state index contributed by atoms with van der Waals surface area (Å²) in [5.74, 6) is -5.75. The summed E-state index contributed by atoms with van der Waals surface area (Å²) >= 11 is 5.93. The number of aliphatic hydroxyl groups is 2. The lowest BCUT2D eigenvalue weighted by atomic mass is 9.36. The molecule has 9 nitrogen and oxygen atoms in total. The van der Waals surface area contributed by atoms with Gasteiger partial charge in [-0.25, -0.2) is 0 Å². The third-order valence-corrected chi connectivity index (χ3v) is 12.6. The number of ketones is 2. The first-order valence-corrected chi connectivity index (χ1v) is 16.2. The van der Waals surface area contributed by atoms with Gasteiger partial charge in [-0.3, -0.25) is 19.2 Å². The van der Waals surface area contributed by atoms with E-state index in [9.17, 15) is 29.4 Å². The quantitative estimate of drug-likeness (QED) is 0.339. The molecule has 44 heavy (non-hydrogen) atoms. The zero-order valence-electron chi connectivity index (χ0n) is 25.1. The smallest absolute Gasteiger partial charge is 0.309 e. The van der Waals surface area contributed by atoms with Crippen LogP contribution in [0.3, 0.4) is 0 Å². The van der Waals surface area contributed by atoms with E-state index in [2.05, 4.69) is 11.9 Å². The Morgan fingerprint density at radius 1 is 1.07 bits per heavy atom. The molecule has 1 amide bonds. The SMILES string of the molecule is C=C1C(=O)[C@]23[C@H](OC(=O)C4CCC(NC(=O)c5ccc(Cl)cc5)CC4)[C@H]1CC[C@H]2[C@@]12CO[C@@]3(O)[C@@H](O)[C@@H]1C(C)(C)CCC2=O. The second-order valence-electron chi connectivity index (χ2n) is 14.7. The van der Waals surface area contributed by atoms with E-state index in [0.29, 0.717) is 62.0 Å². The van der Waals surface area contributed by atoms with Gasteiger partial charge in [-0.1, -0.05) is 32.0 Å². The molecule has 2 heterocycles. The van der Waals surface area contributed by atoms with Crippen molar-refractivity contribution in [1.82, 2.24) is 5.32 Å². The van der Waals surface area contributed by atoms with Crippen molar-refractivity contribution in [2.75, 3.05) is 6.61 Å². The Morgan fingerprint density at radius 2 is 1.75 bits per heavy atom. The zero-order valence-corrected chi connectivity index (χ0v) is 25.9. The van der Waals surface area contributed by atoms with Gasteiger partial charge in [0.15, 0.2) is 5.78 Å². The monoisotopic (exact) mass is 625 g/mol. The summed E-state index contributed by atoms with van der Waals surface area (Å²) in [6.45, 7) is 7.99. The van der Waals surface area contributed by atoms with E-state index in [-0.39, 0.29) is 29.9 Å². The first-order valence-electron chi connectivity index (χ1n) is 15.9. The van der Waals surface area contributed by atoms with E-state index in [4.69, 9.17) is 21.1 Å². The third kappa shape index (κ3) is 3.76. The first kappa shape index (κ1) is 30.1. The number of Topliss-reactive ketones (excluding diaryl/α,β-unsaturated/α-hetero) is 2. The van der Waals surface area contributed by atoms with Gasteiger partial charge in [0.05, 0.1) is 17.9 Å². The van der Waals surface area contributed by atoms with Crippen LogP contribution in [0.25, 0.3) is 0 Å². The first-order chi connectivity index (χ1) is 20.8. The molecule has 2 spiro atoms. The minimum Gasteiger partial charge on any atom is -0.460 e. The number of benzene rings is 1. The van der Waals surface area contributed by atoms with Crippen LogP contribution in [0.5, 0.6) is 0 Å². The predicted molar refractivity (Wildman–Crippen MR) is 158 cm³/mol. The van der Waals surface area contributed by atoms with Crippen LogP contribution in [0.4, 0.5) is 0 Å². The van der Waals surface area contributed by atoms with Gasteiger partial charge in [0.25, 0.3) is 5.91 Å². The Morgan fingerprint density at radius 3 is 2.43 bits per heavy atom. The fraction of sp³-hybridized carbons (Fsp3) is 0.647. The number of nitrogens with one attached hydrogen (secondary N) is 1. The molecule has 0 radical (unpaired) electrons.